The van der Waals surface area contributed by atoms with Crippen molar-refractivity contribution in [1.82, 2.24) is 4.98 Å². The van der Waals surface area contributed by atoms with E-state index in [0.29, 0.717) is 11.3 Å². The number of aryl methyl sites for hydroxylation is 1. The lowest BCUT2D eigenvalue weighted by Crippen LogP contribution is -2.14. The number of carbonyl (C=O) groups is 1. The second kappa shape index (κ2) is 7.00. The molecule has 0 aliphatic heterocycles. The lowest BCUT2D eigenvalue weighted by Gasteiger charge is -2.14. The van der Waals surface area contributed by atoms with Gasteiger partial charge in [-0.25, -0.2) is 0 Å². The summed E-state index contributed by atoms with van der Waals surface area (Å²) >= 11 is 3.58. The normalized spacial score (nSPS) is 10.9. The lowest BCUT2D eigenvalue weighted by molar-refractivity contribution is 0.102. The average Bonchev–Trinajstić information content (AvgIpc) is 2.68. The zero-order valence-corrected chi connectivity index (χ0v) is 16.5. The fourth-order valence-corrected chi connectivity index (χ4v) is 3.94. The van der Waals surface area contributed by atoms with Crippen LogP contribution in [-0.4, -0.2) is 18.0 Å². The molecule has 4 rings (SSSR count). The number of methoxy groups -OCH3 is 1. The van der Waals surface area contributed by atoms with Gasteiger partial charge in [-0.3, -0.25) is 9.78 Å². The number of pyridine rings is 1. The van der Waals surface area contributed by atoms with Gasteiger partial charge in [-0.05, 0) is 64.0 Å². The fraction of sp³-hybridized carbons (Fsp3) is 0.0909. The maximum absolute atomic E-state index is 13.1. The molecule has 0 radical (unpaired) electrons. The van der Waals surface area contributed by atoms with Gasteiger partial charge in [-0.1, -0.05) is 30.3 Å². The molecule has 3 aromatic carbocycles. The van der Waals surface area contributed by atoms with Crippen LogP contribution in [0.4, 0.5) is 5.69 Å². The van der Waals surface area contributed by atoms with Crippen LogP contribution >= 0.6 is 15.9 Å². The maximum atomic E-state index is 13.1. The summed E-state index contributed by atoms with van der Waals surface area (Å²) in [6.07, 6.45) is 0. The minimum absolute atomic E-state index is 0.230. The van der Waals surface area contributed by atoms with E-state index in [4.69, 9.17) is 4.74 Å². The number of hydrogen-bond acceptors (Lipinski definition) is 3. The number of ether oxygens (including phenoxy) is 1. The molecule has 27 heavy (non-hydrogen) atoms. The van der Waals surface area contributed by atoms with E-state index in [1.54, 1.807) is 7.11 Å². The van der Waals surface area contributed by atoms with Crippen LogP contribution in [-0.2, 0) is 0 Å². The van der Waals surface area contributed by atoms with E-state index in [1.807, 2.05) is 67.6 Å². The molecular formula is C22H17BrN2O2. The molecule has 0 saturated carbocycles. The maximum Gasteiger partial charge on any atom is 0.259 e. The molecular weight excluding hydrogens is 404 g/mol. The molecule has 0 bridgehead atoms. The zero-order valence-electron chi connectivity index (χ0n) is 14.9. The van der Waals surface area contributed by atoms with Gasteiger partial charge in [0.15, 0.2) is 0 Å². The highest BCUT2D eigenvalue weighted by atomic mass is 79.9. The standard InChI is InChI=1S/C22H17BrN2O2/c1-13-10-11-16-18(24-13)8-5-9-19(16)25-22(26)17-12-14-6-3-4-7-15(14)20(23)21(17)27-2/h3-12H,1-2H3,(H,25,26). The van der Waals surface area contributed by atoms with Crippen molar-refractivity contribution in [2.75, 3.05) is 12.4 Å². The third-order valence-electron chi connectivity index (χ3n) is 4.51. The third-order valence-corrected chi connectivity index (χ3v) is 5.30. The molecule has 0 saturated heterocycles. The van der Waals surface area contributed by atoms with Gasteiger partial charge in [0.1, 0.15) is 5.75 Å². The number of halogens is 1. The summed E-state index contributed by atoms with van der Waals surface area (Å²) < 4.78 is 6.29. The number of aromatic nitrogens is 1. The van der Waals surface area contributed by atoms with E-state index in [2.05, 4.69) is 26.2 Å². The third kappa shape index (κ3) is 3.15. The van der Waals surface area contributed by atoms with Gasteiger partial charge in [0.05, 0.1) is 28.4 Å². The molecule has 1 N–H and O–H groups in total. The number of benzene rings is 3. The van der Waals surface area contributed by atoms with E-state index in [0.717, 1.165) is 37.5 Å². The van der Waals surface area contributed by atoms with E-state index in [-0.39, 0.29) is 5.91 Å². The molecule has 1 amide bonds. The van der Waals surface area contributed by atoms with E-state index >= 15 is 0 Å². The minimum atomic E-state index is -0.230. The summed E-state index contributed by atoms with van der Waals surface area (Å²) in [7, 11) is 1.57. The molecule has 1 aromatic heterocycles. The largest absolute Gasteiger partial charge is 0.495 e. The number of hydrogen-bond donors (Lipinski definition) is 1. The Morgan fingerprint density at radius 2 is 1.85 bits per heavy atom. The predicted octanol–water partition coefficient (Wildman–Crippen LogP) is 5.72. The van der Waals surface area contributed by atoms with E-state index in [1.165, 1.54) is 0 Å². The van der Waals surface area contributed by atoms with Crippen molar-refractivity contribution in [2.24, 2.45) is 0 Å². The minimum Gasteiger partial charge on any atom is -0.495 e. The highest BCUT2D eigenvalue weighted by molar-refractivity contribution is 9.10. The molecule has 0 fully saturated rings. The summed E-state index contributed by atoms with van der Waals surface area (Å²) in [5, 5.41) is 5.87. The first-order chi connectivity index (χ1) is 13.1. The quantitative estimate of drug-likeness (QED) is 0.460. The highest BCUT2D eigenvalue weighted by Gasteiger charge is 2.19. The van der Waals surface area contributed by atoms with Crippen molar-refractivity contribution in [3.63, 3.8) is 0 Å². The first kappa shape index (κ1) is 17.5. The number of nitrogens with one attached hydrogen (secondary N) is 1. The number of nitrogens with zero attached hydrogens (tertiary/aromatic N) is 1. The number of fused-ring (bicyclic) bond motifs is 2. The Labute approximate surface area is 165 Å². The Morgan fingerprint density at radius 1 is 1.04 bits per heavy atom. The fourth-order valence-electron chi connectivity index (χ4n) is 3.21. The van der Waals surface area contributed by atoms with Crippen LogP contribution in [0.15, 0.2) is 65.1 Å². The Morgan fingerprint density at radius 3 is 2.67 bits per heavy atom. The number of amides is 1. The zero-order chi connectivity index (χ0) is 19.0. The van der Waals surface area contributed by atoms with Crippen LogP contribution in [0.2, 0.25) is 0 Å². The summed E-state index contributed by atoms with van der Waals surface area (Å²) in [4.78, 5) is 17.6. The van der Waals surface area contributed by atoms with Crippen molar-refractivity contribution in [3.05, 3.63) is 76.4 Å². The first-order valence-corrected chi connectivity index (χ1v) is 9.31. The van der Waals surface area contributed by atoms with Crippen LogP contribution in [0, 0.1) is 6.92 Å². The van der Waals surface area contributed by atoms with Crippen LogP contribution in [0.5, 0.6) is 5.75 Å². The van der Waals surface area contributed by atoms with Gasteiger partial charge in [0.2, 0.25) is 0 Å². The number of carbonyl (C=O) groups excluding carboxylic acids is 1. The van der Waals surface area contributed by atoms with Crippen LogP contribution in [0.25, 0.3) is 21.7 Å². The number of rotatable bonds is 3. The second-order valence-electron chi connectivity index (χ2n) is 6.27. The first-order valence-electron chi connectivity index (χ1n) is 8.51. The van der Waals surface area contributed by atoms with Gasteiger partial charge in [0.25, 0.3) is 5.91 Å². The Balaban J connectivity index is 1.80. The summed E-state index contributed by atoms with van der Waals surface area (Å²) in [5.41, 5.74) is 2.97. The molecule has 0 aliphatic carbocycles. The van der Waals surface area contributed by atoms with Crippen molar-refractivity contribution in [2.45, 2.75) is 6.92 Å². The SMILES string of the molecule is COc1c(C(=O)Nc2cccc3nc(C)ccc23)cc2ccccc2c1Br. The molecule has 134 valence electrons. The molecule has 0 unspecified atom stereocenters. The molecule has 1 heterocycles. The number of anilines is 1. The molecule has 4 nitrogen and oxygen atoms in total. The summed E-state index contributed by atoms with van der Waals surface area (Å²) in [6, 6.07) is 19.3. The van der Waals surface area contributed by atoms with E-state index < -0.39 is 0 Å². The molecule has 4 aromatic rings. The Hall–Kier alpha value is -2.92. The van der Waals surface area contributed by atoms with Crippen LogP contribution in [0.3, 0.4) is 0 Å². The van der Waals surface area contributed by atoms with Crippen molar-refractivity contribution < 1.29 is 9.53 Å². The van der Waals surface area contributed by atoms with Crippen molar-refractivity contribution in [1.29, 1.82) is 0 Å². The second-order valence-corrected chi connectivity index (χ2v) is 7.06. The lowest BCUT2D eigenvalue weighted by atomic mass is 10.0. The Kier molecular flexibility index (Phi) is 4.54. The van der Waals surface area contributed by atoms with Crippen LogP contribution in [0.1, 0.15) is 16.1 Å². The van der Waals surface area contributed by atoms with Gasteiger partial charge in [0, 0.05) is 11.1 Å². The predicted molar refractivity (Wildman–Crippen MR) is 113 cm³/mol. The molecule has 5 heteroatoms. The molecule has 0 spiro atoms. The Bertz CT molecular complexity index is 1190. The van der Waals surface area contributed by atoms with Crippen LogP contribution < -0.4 is 10.1 Å². The van der Waals surface area contributed by atoms with Crippen molar-refractivity contribution in [3.8, 4) is 5.75 Å². The van der Waals surface area contributed by atoms with Gasteiger partial charge >= 0.3 is 0 Å². The smallest absolute Gasteiger partial charge is 0.259 e. The van der Waals surface area contributed by atoms with Gasteiger partial charge in [-0.2, -0.15) is 0 Å². The topological polar surface area (TPSA) is 51.2 Å². The molecule has 0 aliphatic rings. The monoisotopic (exact) mass is 420 g/mol. The van der Waals surface area contributed by atoms with Crippen molar-refractivity contribution >= 4 is 49.2 Å². The molecule has 0 atom stereocenters. The van der Waals surface area contributed by atoms with E-state index in [9.17, 15) is 4.79 Å². The van der Waals surface area contributed by atoms with Gasteiger partial charge in [-0.15, -0.1) is 0 Å². The summed E-state index contributed by atoms with van der Waals surface area (Å²) in [5.74, 6) is 0.284. The van der Waals surface area contributed by atoms with Gasteiger partial charge < -0.3 is 10.1 Å². The summed E-state index contributed by atoms with van der Waals surface area (Å²) in [6.45, 7) is 1.95. The average molecular weight is 421 g/mol. The highest BCUT2D eigenvalue weighted by Crippen LogP contribution is 2.37.